The Morgan fingerprint density at radius 2 is 1.13 bits per heavy atom. The van der Waals surface area contributed by atoms with Gasteiger partial charge in [0.05, 0.1) is 25.3 Å². The molecule has 4 heterocycles. The molecule has 13 nitrogen and oxygen atoms in total. The van der Waals surface area contributed by atoms with Crippen molar-refractivity contribution in [3.8, 4) is 11.5 Å². The second-order valence-electron chi connectivity index (χ2n) is 14.5. The standard InChI is InChI=1S/C23H22N3O5P.C23H21N3O2.CH4/c1-13-9-17(31-2)7-5-15(13)4-3-14-10-19-18-8-6-16(23(27)32(28,29)30)11-20(18)26-22(24)21(19)25-12-14;1-14-9-18(28-2)7-6-17(14)5-3-15-10-20-19-8-4-16(13-27)11-21(19)26-23(24)22(20)25-12-15;/h5-12H,3-4H2,1-2H3,(H2,24,26)(H2,28,29,30);4,6-13H,3,5H2,1-2H3,(H2,24,26);1H4. The van der Waals surface area contributed by atoms with Crippen LogP contribution in [0, 0.1) is 13.8 Å². The Kier molecular flexibility index (Phi) is 13.1. The van der Waals surface area contributed by atoms with Gasteiger partial charge in [-0.2, -0.15) is 0 Å². The third-order valence-electron chi connectivity index (χ3n) is 10.6. The number of hydrogen-bond donors (Lipinski definition) is 4. The van der Waals surface area contributed by atoms with E-state index >= 15 is 0 Å². The minimum absolute atomic E-state index is 0. The number of methoxy groups -OCH3 is 2. The summed E-state index contributed by atoms with van der Waals surface area (Å²) in [5.41, 5.74) is 20.7. The van der Waals surface area contributed by atoms with E-state index in [4.69, 9.17) is 20.9 Å². The summed E-state index contributed by atoms with van der Waals surface area (Å²) in [5.74, 6) is 2.26. The molecule has 6 N–H and O–H groups in total. The van der Waals surface area contributed by atoms with Crippen molar-refractivity contribution in [1.29, 1.82) is 0 Å². The van der Waals surface area contributed by atoms with Gasteiger partial charge in [0.25, 0.3) is 5.52 Å². The molecule has 0 saturated heterocycles. The third-order valence-corrected chi connectivity index (χ3v) is 11.4. The van der Waals surface area contributed by atoms with Crippen molar-refractivity contribution in [3.05, 3.63) is 142 Å². The Bertz CT molecular complexity index is 3020. The van der Waals surface area contributed by atoms with Crippen LogP contribution in [0.1, 0.15) is 61.5 Å². The molecule has 8 rings (SSSR count). The van der Waals surface area contributed by atoms with E-state index in [9.17, 15) is 23.9 Å². The van der Waals surface area contributed by atoms with Crippen molar-refractivity contribution in [2.24, 2.45) is 0 Å². The average molecular weight is 839 g/mol. The van der Waals surface area contributed by atoms with Gasteiger partial charge in [-0.3, -0.25) is 24.1 Å². The van der Waals surface area contributed by atoms with Crippen LogP contribution in [-0.4, -0.2) is 55.8 Å². The minimum Gasteiger partial charge on any atom is -0.497 e. The van der Waals surface area contributed by atoms with Crippen LogP contribution in [0.4, 0.5) is 11.6 Å². The number of aryl methyl sites for hydroxylation is 6. The molecule has 0 bridgehead atoms. The van der Waals surface area contributed by atoms with Crippen LogP contribution in [0.25, 0.3) is 43.6 Å². The number of rotatable bonds is 11. The number of carbonyl (C=O) groups is 2. The normalized spacial score (nSPS) is 11.2. The summed E-state index contributed by atoms with van der Waals surface area (Å²) >= 11 is 0. The first-order valence-corrected chi connectivity index (χ1v) is 20.7. The molecular weight excluding hydrogens is 792 g/mol. The van der Waals surface area contributed by atoms with Crippen molar-refractivity contribution in [1.82, 2.24) is 19.9 Å². The highest BCUT2D eigenvalue weighted by Gasteiger charge is 2.27. The highest BCUT2D eigenvalue weighted by molar-refractivity contribution is 7.70. The van der Waals surface area contributed by atoms with Crippen LogP contribution in [0.5, 0.6) is 11.5 Å². The second-order valence-corrected chi connectivity index (χ2v) is 16.0. The lowest BCUT2D eigenvalue weighted by Crippen LogP contribution is -2.02. The summed E-state index contributed by atoms with van der Waals surface area (Å²) in [7, 11) is -1.57. The predicted molar refractivity (Wildman–Crippen MR) is 242 cm³/mol. The molecule has 0 spiro atoms. The summed E-state index contributed by atoms with van der Waals surface area (Å²) in [6, 6.07) is 26.1. The number of ether oxygens (including phenoxy) is 2. The zero-order valence-electron chi connectivity index (χ0n) is 33.5. The zero-order chi connectivity index (χ0) is 42.7. The van der Waals surface area contributed by atoms with Gasteiger partial charge in [-0.1, -0.05) is 37.8 Å². The van der Waals surface area contributed by atoms with Crippen molar-refractivity contribution in [3.63, 3.8) is 0 Å². The van der Waals surface area contributed by atoms with Gasteiger partial charge in [-0.05, 0) is 128 Å². The SMILES string of the molecule is C.COc1ccc(CCc2cnc3c(N)nc4cc(C(=O)P(=O)(O)O)ccc4c3c2)c(C)c1.COc1ccc(CCc2cnc3c(N)nc4cc(C=O)ccc4c3c2)c(C)c1. The lowest BCUT2D eigenvalue weighted by molar-refractivity contribution is 0.104. The van der Waals surface area contributed by atoms with Gasteiger partial charge in [0.2, 0.25) is 0 Å². The van der Waals surface area contributed by atoms with Crippen LogP contribution in [0.15, 0.2) is 97.3 Å². The van der Waals surface area contributed by atoms with E-state index in [1.807, 2.05) is 43.5 Å². The van der Waals surface area contributed by atoms with Gasteiger partial charge in [0.1, 0.15) is 28.8 Å². The number of carbonyl (C=O) groups excluding carboxylic acids is 2. The summed E-state index contributed by atoms with van der Waals surface area (Å²) < 4.78 is 21.9. The topological polar surface area (TPSA) is 214 Å². The molecule has 61 heavy (non-hydrogen) atoms. The summed E-state index contributed by atoms with van der Waals surface area (Å²) in [6.45, 7) is 4.15. The van der Waals surface area contributed by atoms with Crippen LogP contribution in [0.2, 0.25) is 0 Å². The Morgan fingerprint density at radius 1 is 0.656 bits per heavy atom. The van der Waals surface area contributed by atoms with Crippen molar-refractivity contribution in [2.75, 3.05) is 25.7 Å². The molecule has 14 heteroatoms. The van der Waals surface area contributed by atoms with Crippen LogP contribution < -0.4 is 20.9 Å². The molecule has 312 valence electrons. The number of nitrogens with two attached hydrogens (primary N) is 2. The van der Waals surface area contributed by atoms with Gasteiger partial charge in [0, 0.05) is 45.1 Å². The van der Waals surface area contributed by atoms with E-state index in [0.717, 1.165) is 76.3 Å². The number of aldehydes is 1. The maximum Gasteiger partial charge on any atom is 0.396 e. The van der Waals surface area contributed by atoms with Gasteiger partial charge in [0.15, 0.2) is 11.6 Å². The van der Waals surface area contributed by atoms with Crippen molar-refractivity contribution < 1.29 is 33.4 Å². The van der Waals surface area contributed by atoms with Crippen LogP contribution in [-0.2, 0) is 30.2 Å². The van der Waals surface area contributed by atoms with E-state index in [-0.39, 0.29) is 18.8 Å². The number of anilines is 2. The molecule has 0 atom stereocenters. The van der Waals surface area contributed by atoms with Gasteiger partial charge in [-0.25, -0.2) is 9.97 Å². The summed E-state index contributed by atoms with van der Waals surface area (Å²) in [4.78, 5) is 59.1. The molecule has 0 saturated carbocycles. The smallest absolute Gasteiger partial charge is 0.396 e. The molecule has 4 aromatic heterocycles. The predicted octanol–water partition coefficient (Wildman–Crippen LogP) is 8.70. The van der Waals surface area contributed by atoms with E-state index < -0.39 is 13.1 Å². The number of aromatic nitrogens is 4. The first-order chi connectivity index (χ1) is 28.8. The molecule has 0 aliphatic rings. The van der Waals surface area contributed by atoms with E-state index in [1.54, 1.807) is 38.6 Å². The molecule has 0 fully saturated rings. The lowest BCUT2D eigenvalue weighted by Gasteiger charge is -2.11. The molecule has 0 unspecified atom stereocenters. The first kappa shape index (κ1) is 43.8. The Hall–Kier alpha value is -6.79. The molecule has 4 aromatic carbocycles. The Balaban J connectivity index is 0.000000202. The fourth-order valence-corrected chi connectivity index (χ4v) is 7.75. The van der Waals surface area contributed by atoms with E-state index in [2.05, 4.69) is 51.1 Å². The summed E-state index contributed by atoms with van der Waals surface area (Å²) in [5, 5.41) is 3.38. The Labute approximate surface area is 353 Å². The first-order valence-electron chi connectivity index (χ1n) is 19.0. The molecule has 8 aromatic rings. The van der Waals surface area contributed by atoms with Gasteiger partial charge < -0.3 is 30.7 Å². The molecule has 0 amide bonds. The van der Waals surface area contributed by atoms with Crippen LogP contribution >= 0.6 is 7.60 Å². The molecule has 0 aliphatic carbocycles. The maximum absolute atomic E-state index is 12.0. The number of benzene rings is 4. The van der Waals surface area contributed by atoms with Crippen LogP contribution in [0.3, 0.4) is 0 Å². The maximum atomic E-state index is 12.0. The second kappa shape index (κ2) is 18.2. The minimum atomic E-state index is -4.89. The number of pyridine rings is 4. The van der Waals surface area contributed by atoms with Gasteiger partial charge >= 0.3 is 7.60 Å². The largest absolute Gasteiger partial charge is 0.497 e. The third kappa shape index (κ3) is 9.50. The fourth-order valence-electron chi connectivity index (χ4n) is 7.28. The van der Waals surface area contributed by atoms with E-state index in [0.29, 0.717) is 38.8 Å². The van der Waals surface area contributed by atoms with E-state index in [1.165, 1.54) is 28.8 Å². The molecular formula is C47H47N6O7P. The van der Waals surface area contributed by atoms with Crippen molar-refractivity contribution >= 4 is 74.7 Å². The number of nitrogen functional groups attached to an aromatic ring is 2. The van der Waals surface area contributed by atoms with Crippen molar-refractivity contribution in [2.45, 2.75) is 47.0 Å². The zero-order valence-corrected chi connectivity index (χ0v) is 34.4. The molecule has 0 radical (unpaired) electrons. The monoisotopic (exact) mass is 838 g/mol. The quantitative estimate of drug-likeness (QED) is 0.0546. The Morgan fingerprint density at radius 3 is 1.57 bits per heavy atom. The average Bonchev–Trinajstić information content (AvgIpc) is 3.24. The number of fused-ring (bicyclic) bond motifs is 6. The number of nitrogens with zero attached hydrogens (tertiary/aromatic N) is 4. The fraction of sp³-hybridized carbons (Fsp3) is 0.191. The lowest BCUT2D eigenvalue weighted by atomic mass is 9.99. The molecule has 0 aliphatic heterocycles. The van der Waals surface area contributed by atoms with Gasteiger partial charge in [-0.15, -0.1) is 0 Å². The number of hydrogen-bond acceptors (Lipinski definition) is 11. The highest BCUT2D eigenvalue weighted by Crippen LogP contribution is 2.40. The summed E-state index contributed by atoms with van der Waals surface area (Å²) in [6.07, 6.45) is 7.81. The highest BCUT2D eigenvalue weighted by atomic mass is 31.2.